The van der Waals surface area contributed by atoms with Crippen LogP contribution in [0.2, 0.25) is 0 Å². The van der Waals surface area contributed by atoms with Crippen molar-refractivity contribution in [3.05, 3.63) is 72.9 Å². The number of amides is 1. The normalized spacial score (nSPS) is 28.3. The molecule has 0 bridgehead atoms. The van der Waals surface area contributed by atoms with E-state index in [0.717, 1.165) is 96.3 Å². The summed E-state index contributed by atoms with van der Waals surface area (Å²) in [5.41, 5.74) is 0. The van der Waals surface area contributed by atoms with Crippen LogP contribution in [0.4, 0.5) is 0 Å². The van der Waals surface area contributed by atoms with Gasteiger partial charge in [0.15, 0.2) is 18.9 Å². The van der Waals surface area contributed by atoms with Gasteiger partial charge in [0, 0.05) is 6.42 Å². The van der Waals surface area contributed by atoms with E-state index in [1.165, 1.54) is 116 Å². The van der Waals surface area contributed by atoms with Crippen LogP contribution in [0, 0.1) is 0 Å². The van der Waals surface area contributed by atoms with E-state index in [1.54, 1.807) is 0 Å². The molecule has 19 nitrogen and oxygen atoms in total. The Kier molecular flexibility index (Phi) is 48.4. The van der Waals surface area contributed by atoms with Crippen LogP contribution in [-0.4, -0.2) is 193 Å². The van der Waals surface area contributed by atoms with Gasteiger partial charge in [-0.25, -0.2) is 0 Å². The van der Waals surface area contributed by atoms with Crippen molar-refractivity contribution in [3.63, 3.8) is 0 Å². The zero-order valence-electron chi connectivity index (χ0n) is 55.8. The molecule has 0 radical (unpaired) electrons. The number of aliphatic hydroxyl groups is 11. The average molecular weight is 1290 g/mol. The van der Waals surface area contributed by atoms with E-state index in [2.05, 4.69) is 92.1 Å². The van der Waals surface area contributed by atoms with Crippen molar-refractivity contribution in [1.29, 1.82) is 0 Å². The highest BCUT2D eigenvalue weighted by Gasteiger charge is 2.53. The first-order valence-electron chi connectivity index (χ1n) is 35.7. The molecule has 0 saturated carbocycles. The maximum Gasteiger partial charge on any atom is 0.220 e. The number of carbonyl (C=O) groups excluding carboxylic acids is 1. The largest absolute Gasteiger partial charge is 0.394 e. The fourth-order valence-electron chi connectivity index (χ4n) is 11.8. The van der Waals surface area contributed by atoms with Crippen molar-refractivity contribution in [2.45, 2.75) is 349 Å². The molecular formula is C72H127NO18. The number of allylic oxidation sites excluding steroid dienone is 12. The maximum absolute atomic E-state index is 13.3. The number of unbranched alkanes of at least 4 members (excludes halogenated alkanes) is 26. The lowest BCUT2D eigenvalue weighted by molar-refractivity contribution is -0.379. The Bertz CT molecular complexity index is 1930. The minimum Gasteiger partial charge on any atom is -0.394 e. The lowest BCUT2D eigenvalue weighted by Gasteiger charge is -2.48. The van der Waals surface area contributed by atoms with Crippen molar-refractivity contribution in [2.75, 3.05) is 26.4 Å². The smallest absolute Gasteiger partial charge is 0.220 e. The minimum absolute atomic E-state index is 0.246. The monoisotopic (exact) mass is 1290 g/mol. The molecule has 3 fully saturated rings. The molecule has 0 aromatic heterocycles. The van der Waals surface area contributed by atoms with Crippen LogP contribution in [0.5, 0.6) is 0 Å². The van der Waals surface area contributed by atoms with Gasteiger partial charge in [-0.15, -0.1) is 0 Å². The second-order valence-corrected chi connectivity index (χ2v) is 25.3. The second-order valence-electron chi connectivity index (χ2n) is 25.3. The minimum atomic E-state index is -1.97. The third-order valence-corrected chi connectivity index (χ3v) is 17.5. The first-order chi connectivity index (χ1) is 44.3. The van der Waals surface area contributed by atoms with E-state index in [4.69, 9.17) is 28.4 Å². The summed E-state index contributed by atoms with van der Waals surface area (Å²) in [5, 5.41) is 120. The number of hydrogen-bond donors (Lipinski definition) is 12. The quantitative estimate of drug-likeness (QED) is 0.0199. The fraction of sp³-hybridized carbons (Fsp3) is 0.819. The van der Waals surface area contributed by atoms with Crippen LogP contribution in [0.25, 0.3) is 0 Å². The van der Waals surface area contributed by atoms with Gasteiger partial charge in [-0.05, 0) is 64.2 Å². The standard InChI is InChI=1S/C72H127NO18/c1-3-5-7-9-11-12-13-14-15-16-17-18-19-20-21-22-23-24-25-26-27-28-29-30-31-32-33-34-35-36-37-38-39-40-41-42-44-46-48-50-60(78)73-55(56(77)49-47-45-43-10-8-6-4-2)54-86-70-66(84)63(81)68(58(52-75)88-70)91-72-67(85)64(82)69(59(53-76)89-72)90-71-65(83)62(80)61(79)57(51-74)87-71/h5,7,11-12,14-15,17-18,20-21,23-24,55-59,61-72,74-77,79-85H,3-4,6,8-10,13,16,19,22,25-54H2,1-2H3,(H,73,78)/b7-5-,12-11-,15-14-,18-17-,21-20-,24-23-. The number of aliphatic hydroxyl groups excluding tert-OH is 11. The summed E-state index contributed by atoms with van der Waals surface area (Å²) in [4.78, 5) is 13.3. The molecule has 1 amide bonds. The molecule has 3 saturated heterocycles. The number of nitrogens with one attached hydrogen (secondary N) is 1. The molecule has 528 valence electrons. The molecule has 3 aliphatic rings. The number of ether oxygens (including phenoxy) is 6. The summed E-state index contributed by atoms with van der Waals surface area (Å²) in [5.74, 6) is -0.246. The van der Waals surface area contributed by atoms with E-state index < -0.39 is 124 Å². The lowest BCUT2D eigenvalue weighted by Crippen LogP contribution is -2.66. The molecule has 19 heteroatoms. The predicted octanol–water partition coefficient (Wildman–Crippen LogP) is 9.72. The number of rotatable bonds is 54. The summed E-state index contributed by atoms with van der Waals surface area (Å²) in [6.07, 6.45) is 40.6. The molecule has 17 atom stereocenters. The first kappa shape index (κ1) is 82.5. The van der Waals surface area contributed by atoms with Crippen LogP contribution in [-0.2, 0) is 33.2 Å². The first-order valence-corrected chi connectivity index (χ1v) is 35.7. The molecule has 0 aromatic carbocycles. The van der Waals surface area contributed by atoms with Gasteiger partial charge in [0.2, 0.25) is 5.91 Å². The predicted molar refractivity (Wildman–Crippen MR) is 355 cm³/mol. The van der Waals surface area contributed by atoms with Crippen LogP contribution in [0.15, 0.2) is 72.9 Å². The lowest BCUT2D eigenvalue weighted by atomic mass is 9.96. The van der Waals surface area contributed by atoms with Crippen molar-refractivity contribution >= 4 is 5.91 Å². The average Bonchev–Trinajstić information content (AvgIpc) is 1.40. The van der Waals surface area contributed by atoms with E-state index >= 15 is 0 Å². The summed E-state index contributed by atoms with van der Waals surface area (Å²) in [6.45, 7) is 1.62. The van der Waals surface area contributed by atoms with Gasteiger partial charge in [-0.2, -0.15) is 0 Å². The Morgan fingerprint density at radius 1 is 0.407 bits per heavy atom. The van der Waals surface area contributed by atoms with Gasteiger partial charge in [-0.3, -0.25) is 4.79 Å². The van der Waals surface area contributed by atoms with E-state index in [0.29, 0.717) is 12.8 Å². The van der Waals surface area contributed by atoms with E-state index in [1.807, 2.05) is 0 Å². The Labute approximate surface area is 547 Å². The molecule has 0 spiro atoms. The van der Waals surface area contributed by atoms with Gasteiger partial charge in [0.25, 0.3) is 0 Å². The molecule has 3 rings (SSSR count). The van der Waals surface area contributed by atoms with Crippen molar-refractivity contribution < 1.29 is 89.4 Å². The highest BCUT2D eigenvalue weighted by Crippen LogP contribution is 2.33. The third-order valence-electron chi connectivity index (χ3n) is 17.5. The molecule has 0 aliphatic carbocycles. The van der Waals surface area contributed by atoms with Gasteiger partial charge in [0.05, 0.1) is 38.6 Å². The molecule has 17 unspecified atom stereocenters. The Hall–Kier alpha value is -2.77. The zero-order valence-corrected chi connectivity index (χ0v) is 55.8. The van der Waals surface area contributed by atoms with Gasteiger partial charge < -0.3 is 89.9 Å². The van der Waals surface area contributed by atoms with E-state index in [9.17, 15) is 61.0 Å². The van der Waals surface area contributed by atoms with Gasteiger partial charge in [-0.1, -0.05) is 247 Å². The Balaban J connectivity index is 1.25. The molecule has 3 aliphatic heterocycles. The molecule has 91 heavy (non-hydrogen) atoms. The van der Waals surface area contributed by atoms with Crippen LogP contribution >= 0.6 is 0 Å². The second kappa shape index (κ2) is 53.4. The number of hydrogen-bond acceptors (Lipinski definition) is 18. The van der Waals surface area contributed by atoms with Crippen LogP contribution < -0.4 is 5.32 Å². The Morgan fingerprint density at radius 2 is 0.758 bits per heavy atom. The van der Waals surface area contributed by atoms with Gasteiger partial charge in [0.1, 0.15) is 73.2 Å². The third kappa shape index (κ3) is 35.2. The van der Waals surface area contributed by atoms with Crippen LogP contribution in [0.1, 0.15) is 245 Å². The van der Waals surface area contributed by atoms with Crippen molar-refractivity contribution in [2.24, 2.45) is 0 Å². The topological polar surface area (TPSA) is 307 Å². The SMILES string of the molecule is CC/C=C\C/C=C\C/C=C\C/C=C\C/C=C\C/C=C\CCCCCCCCCCCCCCCCCCCCCCC(=O)NC(COC1OC(CO)C(OC2OC(CO)C(OC3OC(CO)C(O)C(O)C3O)C(O)C2O)C(O)C1O)C(O)CCCCCCCCC. The fourth-order valence-corrected chi connectivity index (χ4v) is 11.8. The maximum atomic E-state index is 13.3. The molecule has 0 aromatic rings. The highest BCUT2D eigenvalue weighted by atomic mass is 16.8. The molecule has 3 heterocycles. The van der Waals surface area contributed by atoms with Crippen molar-refractivity contribution in [3.8, 4) is 0 Å². The zero-order chi connectivity index (χ0) is 66.1. The highest BCUT2D eigenvalue weighted by molar-refractivity contribution is 5.76. The summed E-state index contributed by atoms with van der Waals surface area (Å²) in [6, 6.07) is -0.885. The summed E-state index contributed by atoms with van der Waals surface area (Å²) in [7, 11) is 0. The Morgan fingerprint density at radius 3 is 1.19 bits per heavy atom. The van der Waals surface area contributed by atoms with Crippen LogP contribution in [0.3, 0.4) is 0 Å². The van der Waals surface area contributed by atoms with Crippen molar-refractivity contribution in [1.82, 2.24) is 5.32 Å². The summed E-state index contributed by atoms with van der Waals surface area (Å²) >= 11 is 0. The number of carbonyl (C=O) groups is 1. The molecular weight excluding hydrogens is 1170 g/mol. The van der Waals surface area contributed by atoms with E-state index in [-0.39, 0.29) is 18.9 Å². The van der Waals surface area contributed by atoms with Gasteiger partial charge >= 0.3 is 0 Å². The summed E-state index contributed by atoms with van der Waals surface area (Å²) < 4.78 is 34.3. The molecule has 12 N–H and O–H groups in total.